The second-order valence-electron chi connectivity index (χ2n) is 6.05. The van der Waals surface area contributed by atoms with Crippen LogP contribution in [0, 0.1) is 11.5 Å². The minimum Gasteiger partial charge on any atom is -0.478 e. The Hall–Kier alpha value is -2.31. The second-order valence-corrected chi connectivity index (χ2v) is 11.0. The molecule has 0 radical (unpaired) electrons. The molecule has 0 aliphatic carbocycles. The third kappa shape index (κ3) is 4.15. The van der Waals surface area contributed by atoms with E-state index in [2.05, 4.69) is 32.2 Å². The molecule has 0 fully saturated rings. The summed E-state index contributed by atoms with van der Waals surface area (Å²) in [7, 11) is -1.41. The van der Waals surface area contributed by atoms with E-state index in [9.17, 15) is 4.79 Å². The summed E-state index contributed by atoms with van der Waals surface area (Å²) in [5, 5.41) is 8.96. The number of benzene rings is 2. The molecule has 2 rings (SSSR count). The number of hydrogen-bond acceptors (Lipinski definition) is 1. The number of rotatable bonds is 5. The van der Waals surface area contributed by atoms with Crippen LogP contribution in [0.3, 0.4) is 0 Å². The summed E-state index contributed by atoms with van der Waals surface area (Å²) < 4.78 is 0. The molecule has 0 bridgehead atoms. The maximum Gasteiger partial charge on any atom is 0.335 e. The van der Waals surface area contributed by atoms with E-state index in [4.69, 9.17) is 5.11 Å². The first-order valence-corrected chi connectivity index (χ1v) is 11.1. The monoisotopic (exact) mass is 336 g/mol. The minimum atomic E-state index is -1.41. The fraction of sp³-hybridized carbons (Fsp3) is 0.286. The van der Waals surface area contributed by atoms with Crippen molar-refractivity contribution in [3.63, 3.8) is 0 Å². The molecule has 0 aliphatic rings. The SMILES string of the molecule is CC[Si](C#Cc1ccc(-c2ccc(C(=O)O)cc2)cc1)(CC)CC. The van der Waals surface area contributed by atoms with E-state index in [1.807, 2.05) is 36.4 Å². The van der Waals surface area contributed by atoms with Gasteiger partial charge in [-0.2, -0.15) is 0 Å². The lowest BCUT2D eigenvalue weighted by atomic mass is 10.0. The number of carboxylic acid groups (broad SMARTS) is 1. The Labute approximate surface area is 145 Å². The molecule has 0 unspecified atom stereocenters. The number of carboxylic acids is 1. The second kappa shape index (κ2) is 7.99. The minimum absolute atomic E-state index is 0.307. The Kier molecular flexibility index (Phi) is 6.00. The molecule has 0 amide bonds. The van der Waals surface area contributed by atoms with Crippen molar-refractivity contribution in [1.82, 2.24) is 0 Å². The molecule has 2 aromatic carbocycles. The Balaban J connectivity index is 2.21. The van der Waals surface area contributed by atoms with Gasteiger partial charge in [0.25, 0.3) is 0 Å². The molecule has 0 heterocycles. The van der Waals surface area contributed by atoms with Crippen molar-refractivity contribution >= 4 is 14.0 Å². The largest absolute Gasteiger partial charge is 0.478 e. The predicted molar refractivity (Wildman–Crippen MR) is 103 cm³/mol. The van der Waals surface area contributed by atoms with Crippen LogP contribution < -0.4 is 0 Å². The first-order valence-electron chi connectivity index (χ1n) is 8.50. The van der Waals surface area contributed by atoms with Crippen molar-refractivity contribution in [1.29, 1.82) is 0 Å². The van der Waals surface area contributed by atoms with Gasteiger partial charge in [0.1, 0.15) is 8.07 Å². The summed E-state index contributed by atoms with van der Waals surface area (Å²) in [5.74, 6) is 2.47. The summed E-state index contributed by atoms with van der Waals surface area (Å²) in [6.45, 7) is 6.79. The van der Waals surface area contributed by atoms with Gasteiger partial charge in [0.2, 0.25) is 0 Å². The lowest BCUT2D eigenvalue weighted by Crippen LogP contribution is -2.29. The molecule has 2 aromatic rings. The van der Waals surface area contributed by atoms with Gasteiger partial charge in [0, 0.05) is 5.56 Å². The highest BCUT2D eigenvalue weighted by atomic mass is 28.3. The Morgan fingerprint density at radius 3 is 1.75 bits per heavy atom. The van der Waals surface area contributed by atoms with E-state index in [-0.39, 0.29) is 0 Å². The molecule has 0 saturated heterocycles. The molecule has 0 aromatic heterocycles. The third-order valence-corrected chi connectivity index (χ3v) is 9.57. The molecule has 0 spiro atoms. The summed E-state index contributed by atoms with van der Waals surface area (Å²) in [6.07, 6.45) is 0. The van der Waals surface area contributed by atoms with Crippen molar-refractivity contribution in [3.05, 3.63) is 59.7 Å². The number of aromatic carboxylic acids is 1. The van der Waals surface area contributed by atoms with E-state index >= 15 is 0 Å². The molecule has 124 valence electrons. The summed E-state index contributed by atoms with van der Waals surface area (Å²) >= 11 is 0. The van der Waals surface area contributed by atoms with Gasteiger partial charge in [-0.1, -0.05) is 51.0 Å². The summed E-state index contributed by atoms with van der Waals surface area (Å²) in [6, 6.07) is 18.8. The van der Waals surface area contributed by atoms with Gasteiger partial charge < -0.3 is 5.11 Å². The zero-order valence-electron chi connectivity index (χ0n) is 14.6. The van der Waals surface area contributed by atoms with Gasteiger partial charge in [-0.05, 0) is 53.5 Å². The molecule has 24 heavy (non-hydrogen) atoms. The van der Waals surface area contributed by atoms with Crippen LogP contribution in [-0.2, 0) is 0 Å². The Bertz CT molecular complexity index is 737. The van der Waals surface area contributed by atoms with Crippen molar-refractivity contribution in [2.45, 2.75) is 38.9 Å². The molecular formula is C21H24O2Si. The number of hydrogen-bond donors (Lipinski definition) is 1. The highest BCUT2D eigenvalue weighted by Crippen LogP contribution is 2.21. The van der Waals surface area contributed by atoms with Crippen LogP contribution in [0.5, 0.6) is 0 Å². The maximum absolute atomic E-state index is 10.9. The zero-order valence-corrected chi connectivity index (χ0v) is 15.6. The average Bonchev–Trinajstić information content (AvgIpc) is 2.64. The molecule has 0 atom stereocenters. The highest BCUT2D eigenvalue weighted by Gasteiger charge is 2.24. The number of carbonyl (C=O) groups is 1. The smallest absolute Gasteiger partial charge is 0.335 e. The van der Waals surface area contributed by atoms with Crippen LogP contribution in [0.25, 0.3) is 11.1 Å². The van der Waals surface area contributed by atoms with Crippen molar-refractivity contribution in [3.8, 4) is 22.6 Å². The normalized spacial score (nSPS) is 10.8. The van der Waals surface area contributed by atoms with Crippen LogP contribution >= 0.6 is 0 Å². The van der Waals surface area contributed by atoms with Crippen molar-refractivity contribution in [2.24, 2.45) is 0 Å². The van der Waals surface area contributed by atoms with E-state index in [1.54, 1.807) is 12.1 Å². The molecule has 2 nitrogen and oxygen atoms in total. The highest BCUT2D eigenvalue weighted by molar-refractivity contribution is 6.87. The third-order valence-electron chi connectivity index (χ3n) is 4.85. The zero-order chi connectivity index (χ0) is 17.6. The van der Waals surface area contributed by atoms with Gasteiger partial charge in [0.15, 0.2) is 0 Å². The van der Waals surface area contributed by atoms with Gasteiger partial charge in [-0.3, -0.25) is 0 Å². The molecule has 0 aliphatic heterocycles. The van der Waals surface area contributed by atoms with E-state index in [1.165, 1.54) is 18.1 Å². The fourth-order valence-corrected chi connectivity index (χ4v) is 5.21. The molecule has 0 saturated carbocycles. The average molecular weight is 337 g/mol. The molecule has 1 N–H and O–H groups in total. The predicted octanol–water partition coefficient (Wildman–Crippen LogP) is 5.45. The lowest BCUT2D eigenvalue weighted by molar-refractivity contribution is 0.0697. The first kappa shape index (κ1) is 18.0. The Morgan fingerprint density at radius 1 is 0.875 bits per heavy atom. The van der Waals surface area contributed by atoms with Gasteiger partial charge in [-0.15, -0.1) is 5.54 Å². The fourth-order valence-electron chi connectivity index (χ4n) is 2.77. The van der Waals surface area contributed by atoms with Crippen LogP contribution in [0.2, 0.25) is 18.1 Å². The van der Waals surface area contributed by atoms with E-state index < -0.39 is 14.0 Å². The standard InChI is InChI=1S/C21H24O2Si/c1-4-24(5-2,6-3)16-15-17-7-9-18(10-8-17)19-11-13-20(14-12-19)21(22)23/h7-14H,4-6H2,1-3H3,(H,22,23). The topological polar surface area (TPSA) is 37.3 Å². The van der Waals surface area contributed by atoms with E-state index in [0.29, 0.717) is 5.56 Å². The van der Waals surface area contributed by atoms with Crippen molar-refractivity contribution < 1.29 is 9.90 Å². The Morgan fingerprint density at radius 2 is 1.33 bits per heavy atom. The maximum atomic E-state index is 10.9. The van der Waals surface area contributed by atoms with Gasteiger partial charge in [0.05, 0.1) is 5.56 Å². The van der Waals surface area contributed by atoms with Crippen LogP contribution in [0.4, 0.5) is 0 Å². The van der Waals surface area contributed by atoms with Gasteiger partial charge >= 0.3 is 5.97 Å². The molecule has 3 heteroatoms. The molecular weight excluding hydrogens is 312 g/mol. The van der Waals surface area contributed by atoms with Crippen LogP contribution in [-0.4, -0.2) is 19.1 Å². The summed E-state index contributed by atoms with van der Waals surface area (Å²) in [4.78, 5) is 10.9. The summed E-state index contributed by atoms with van der Waals surface area (Å²) in [5.41, 5.74) is 7.04. The first-order chi connectivity index (χ1) is 11.5. The van der Waals surface area contributed by atoms with Crippen molar-refractivity contribution in [2.75, 3.05) is 0 Å². The quantitative estimate of drug-likeness (QED) is 0.582. The van der Waals surface area contributed by atoms with E-state index in [0.717, 1.165) is 16.7 Å². The lowest BCUT2D eigenvalue weighted by Gasteiger charge is -2.20. The van der Waals surface area contributed by atoms with Crippen LogP contribution in [0.1, 0.15) is 36.7 Å². The van der Waals surface area contributed by atoms with Gasteiger partial charge in [-0.25, -0.2) is 4.79 Å². The van der Waals surface area contributed by atoms with Crippen LogP contribution in [0.15, 0.2) is 48.5 Å².